The van der Waals surface area contributed by atoms with Crippen molar-refractivity contribution in [1.29, 1.82) is 0 Å². The molecular weight excluding hydrogens is 201 g/mol. The van der Waals surface area contributed by atoms with Gasteiger partial charge in [0.25, 0.3) is 0 Å². The van der Waals surface area contributed by atoms with E-state index in [0.717, 1.165) is 24.9 Å². The highest BCUT2D eigenvalue weighted by atomic mass is 35.5. The minimum atomic E-state index is -0.172. The molecule has 1 N–H and O–H groups in total. The van der Waals surface area contributed by atoms with Crippen LogP contribution in [0.15, 0.2) is 12.1 Å². The molecule has 0 atom stereocenters. The third-order valence-electron chi connectivity index (χ3n) is 2.20. The minimum absolute atomic E-state index is 0.172. The monoisotopic (exact) mass is 215 g/mol. The second kappa shape index (κ2) is 5.32. The van der Waals surface area contributed by atoms with Crippen molar-refractivity contribution < 1.29 is 4.39 Å². The highest BCUT2D eigenvalue weighted by Crippen LogP contribution is 2.21. The number of nitrogens with one attached hydrogen (secondary N) is 1. The van der Waals surface area contributed by atoms with Crippen LogP contribution in [0.25, 0.3) is 0 Å². The molecule has 0 aromatic heterocycles. The van der Waals surface area contributed by atoms with Crippen LogP contribution in [-0.2, 0) is 6.42 Å². The van der Waals surface area contributed by atoms with Gasteiger partial charge in [0.05, 0.1) is 0 Å². The molecule has 0 bridgehead atoms. The van der Waals surface area contributed by atoms with Crippen molar-refractivity contribution in [3.05, 3.63) is 34.1 Å². The van der Waals surface area contributed by atoms with Gasteiger partial charge in [0.1, 0.15) is 5.82 Å². The Morgan fingerprint density at radius 1 is 1.43 bits per heavy atom. The van der Waals surface area contributed by atoms with E-state index in [2.05, 4.69) is 5.32 Å². The van der Waals surface area contributed by atoms with E-state index in [1.165, 1.54) is 6.07 Å². The topological polar surface area (TPSA) is 12.0 Å². The molecule has 1 aromatic rings. The summed E-state index contributed by atoms with van der Waals surface area (Å²) >= 11 is 5.99. The molecular formula is C11H15ClFN. The van der Waals surface area contributed by atoms with Crippen LogP contribution in [0.5, 0.6) is 0 Å². The van der Waals surface area contributed by atoms with Crippen molar-refractivity contribution in [1.82, 2.24) is 5.32 Å². The first-order valence-corrected chi connectivity index (χ1v) is 5.12. The molecule has 1 nitrogen and oxygen atoms in total. The van der Waals surface area contributed by atoms with Gasteiger partial charge in [0.15, 0.2) is 0 Å². The van der Waals surface area contributed by atoms with E-state index in [9.17, 15) is 4.39 Å². The Balaban J connectivity index is 2.72. The van der Waals surface area contributed by atoms with Crippen LogP contribution < -0.4 is 5.32 Å². The third-order valence-corrected chi connectivity index (χ3v) is 2.55. The van der Waals surface area contributed by atoms with Crippen molar-refractivity contribution in [2.45, 2.75) is 19.8 Å². The molecule has 0 spiro atoms. The minimum Gasteiger partial charge on any atom is -0.320 e. The quantitative estimate of drug-likeness (QED) is 0.762. The van der Waals surface area contributed by atoms with Gasteiger partial charge in [-0.05, 0) is 56.6 Å². The van der Waals surface area contributed by atoms with Gasteiger partial charge in [-0.2, -0.15) is 0 Å². The molecule has 0 saturated heterocycles. The Morgan fingerprint density at radius 3 is 2.79 bits per heavy atom. The third kappa shape index (κ3) is 2.96. The Bertz CT molecular complexity index is 312. The maximum Gasteiger partial charge on any atom is 0.126 e. The van der Waals surface area contributed by atoms with Gasteiger partial charge in [-0.25, -0.2) is 4.39 Å². The summed E-state index contributed by atoms with van der Waals surface area (Å²) in [6.07, 6.45) is 1.79. The lowest BCUT2D eigenvalue weighted by Crippen LogP contribution is -2.08. The van der Waals surface area contributed by atoms with Gasteiger partial charge in [0, 0.05) is 5.02 Å². The highest BCUT2D eigenvalue weighted by Gasteiger charge is 2.04. The zero-order chi connectivity index (χ0) is 10.6. The average molecular weight is 216 g/mol. The zero-order valence-electron chi connectivity index (χ0n) is 8.53. The van der Waals surface area contributed by atoms with Crippen LogP contribution >= 0.6 is 11.6 Å². The van der Waals surface area contributed by atoms with Gasteiger partial charge in [-0.15, -0.1) is 0 Å². The van der Waals surface area contributed by atoms with Gasteiger partial charge < -0.3 is 5.32 Å². The molecule has 0 aliphatic rings. The van der Waals surface area contributed by atoms with Gasteiger partial charge in [-0.1, -0.05) is 11.6 Å². The molecule has 3 heteroatoms. The van der Waals surface area contributed by atoms with E-state index < -0.39 is 0 Å². The summed E-state index contributed by atoms with van der Waals surface area (Å²) in [5.41, 5.74) is 1.50. The van der Waals surface area contributed by atoms with Crippen LogP contribution in [0.2, 0.25) is 5.02 Å². The Hall–Kier alpha value is -0.600. The summed E-state index contributed by atoms with van der Waals surface area (Å²) in [7, 11) is 1.90. The summed E-state index contributed by atoms with van der Waals surface area (Å²) < 4.78 is 13.2. The number of aryl methyl sites for hydroxylation is 2. The smallest absolute Gasteiger partial charge is 0.126 e. The van der Waals surface area contributed by atoms with E-state index >= 15 is 0 Å². The molecule has 0 saturated carbocycles. The van der Waals surface area contributed by atoms with E-state index in [1.54, 1.807) is 13.0 Å². The summed E-state index contributed by atoms with van der Waals surface area (Å²) in [6.45, 7) is 2.64. The molecule has 1 rings (SSSR count). The SMILES string of the molecule is CNCCCc1cc(F)c(C)cc1Cl. The van der Waals surface area contributed by atoms with Gasteiger partial charge in [0.2, 0.25) is 0 Å². The highest BCUT2D eigenvalue weighted by molar-refractivity contribution is 6.31. The second-order valence-corrected chi connectivity index (χ2v) is 3.81. The van der Waals surface area contributed by atoms with Crippen molar-refractivity contribution in [2.75, 3.05) is 13.6 Å². The van der Waals surface area contributed by atoms with E-state index in [0.29, 0.717) is 10.6 Å². The fraction of sp³-hybridized carbons (Fsp3) is 0.455. The summed E-state index contributed by atoms with van der Waals surface area (Å²) in [4.78, 5) is 0. The summed E-state index contributed by atoms with van der Waals surface area (Å²) in [5.74, 6) is -0.172. The van der Waals surface area contributed by atoms with Crippen molar-refractivity contribution >= 4 is 11.6 Å². The van der Waals surface area contributed by atoms with Crippen LogP contribution in [0.1, 0.15) is 17.5 Å². The maximum absolute atomic E-state index is 13.2. The lowest BCUT2D eigenvalue weighted by Gasteiger charge is -2.06. The molecule has 0 aliphatic heterocycles. The molecule has 0 heterocycles. The number of rotatable bonds is 4. The first-order valence-electron chi connectivity index (χ1n) is 4.74. The van der Waals surface area contributed by atoms with E-state index in [4.69, 9.17) is 11.6 Å². The zero-order valence-corrected chi connectivity index (χ0v) is 9.29. The Kier molecular flexibility index (Phi) is 4.36. The molecule has 0 aliphatic carbocycles. The standard InChI is InChI=1S/C11H15ClFN/c1-8-6-10(12)9(7-11(8)13)4-3-5-14-2/h6-7,14H,3-5H2,1-2H3. The van der Waals surface area contributed by atoms with Crippen molar-refractivity contribution in [3.8, 4) is 0 Å². The fourth-order valence-electron chi connectivity index (χ4n) is 1.33. The first kappa shape index (κ1) is 11.5. The predicted molar refractivity (Wildman–Crippen MR) is 58.4 cm³/mol. The van der Waals surface area contributed by atoms with Crippen LogP contribution in [0, 0.1) is 12.7 Å². The Morgan fingerprint density at radius 2 is 2.14 bits per heavy atom. The lowest BCUT2D eigenvalue weighted by molar-refractivity contribution is 0.614. The lowest BCUT2D eigenvalue weighted by atomic mass is 10.1. The van der Waals surface area contributed by atoms with Crippen molar-refractivity contribution in [2.24, 2.45) is 0 Å². The van der Waals surface area contributed by atoms with Gasteiger partial charge >= 0.3 is 0 Å². The molecule has 0 amide bonds. The molecule has 0 fully saturated rings. The largest absolute Gasteiger partial charge is 0.320 e. The van der Waals surface area contributed by atoms with E-state index in [-0.39, 0.29) is 5.82 Å². The Labute approximate surface area is 89.3 Å². The first-order chi connectivity index (χ1) is 6.65. The molecule has 78 valence electrons. The van der Waals surface area contributed by atoms with Crippen LogP contribution in [0.3, 0.4) is 0 Å². The molecule has 0 radical (unpaired) electrons. The summed E-state index contributed by atoms with van der Waals surface area (Å²) in [6, 6.07) is 3.22. The average Bonchev–Trinajstić information content (AvgIpc) is 2.14. The van der Waals surface area contributed by atoms with E-state index in [1.807, 2.05) is 7.05 Å². The molecule has 1 aromatic carbocycles. The number of halogens is 2. The molecule has 0 unspecified atom stereocenters. The predicted octanol–water partition coefficient (Wildman–Crippen LogP) is 2.94. The number of hydrogen-bond acceptors (Lipinski definition) is 1. The van der Waals surface area contributed by atoms with Crippen molar-refractivity contribution in [3.63, 3.8) is 0 Å². The number of benzene rings is 1. The van der Waals surface area contributed by atoms with Crippen LogP contribution in [0.4, 0.5) is 4.39 Å². The number of hydrogen-bond donors (Lipinski definition) is 1. The maximum atomic E-state index is 13.2. The normalized spacial score (nSPS) is 10.6. The fourth-order valence-corrected chi connectivity index (χ4v) is 1.65. The summed E-state index contributed by atoms with van der Waals surface area (Å²) in [5, 5.41) is 3.71. The molecule has 14 heavy (non-hydrogen) atoms. The second-order valence-electron chi connectivity index (χ2n) is 3.40. The van der Waals surface area contributed by atoms with Crippen LogP contribution in [-0.4, -0.2) is 13.6 Å². The van der Waals surface area contributed by atoms with Gasteiger partial charge in [-0.3, -0.25) is 0 Å².